The Morgan fingerprint density at radius 3 is 2.00 bits per heavy atom. The van der Waals surface area contributed by atoms with Crippen LogP contribution in [-0.4, -0.2) is 36.0 Å². The van der Waals surface area contributed by atoms with Gasteiger partial charge in [0.1, 0.15) is 12.1 Å². The van der Waals surface area contributed by atoms with Crippen molar-refractivity contribution in [3.63, 3.8) is 0 Å². The zero-order valence-corrected chi connectivity index (χ0v) is 19.6. The molecular formula is C26H34N2O4. The van der Waals surface area contributed by atoms with Crippen molar-refractivity contribution in [2.45, 2.75) is 65.6 Å². The highest BCUT2D eigenvalue weighted by atomic mass is 16.5. The van der Waals surface area contributed by atoms with Crippen LogP contribution in [0.1, 0.15) is 56.1 Å². The van der Waals surface area contributed by atoms with Gasteiger partial charge in [-0.1, -0.05) is 63.2 Å². The van der Waals surface area contributed by atoms with Gasteiger partial charge >= 0.3 is 5.97 Å². The van der Waals surface area contributed by atoms with E-state index < -0.39 is 24.0 Å². The summed E-state index contributed by atoms with van der Waals surface area (Å²) in [5, 5.41) is 5.61. The highest BCUT2D eigenvalue weighted by Gasteiger charge is 2.30. The number of carbonyl (C=O) groups is 3. The van der Waals surface area contributed by atoms with Crippen LogP contribution in [-0.2, 0) is 27.2 Å². The van der Waals surface area contributed by atoms with Gasteiger partial charge in [0.15, 0.2) is 0 Å². The molecule has 6 nitrogen and oxygen atoms in total. The van der Waals surface area contributed by atoms with Crippen molar-refractivity contribution < 1.29 is 19.1 Å². The van der Waals surface area contributed by atoms with E-state index in [1.54, 1.807) is 26.0 Å². The Labute approximate surface area is 190 Å². The van der Waals surface area contributed by atoms with E-state index in [0.717, 1.165) is 17.5 Å². The lowest BCUT2D eigenvalue weighted by atomic mass is 10.0. The number of ether oxygens (including phenoxy) is 1. The zero-order valence-electron chi connectivity index (χ0n) is 19.6. The summed E-state index contributed by atoms with van der Waals surface area (Å²) < 4.78 is 5.36. The van der Waals surface area contributed by atoms with Crippen LogP contribution in [0.25, 0.3) is 0 Å². The molecule has 2 aromatic rings. The van der Waals surface area contributed by atoms with Crippen LogP contribution in [0.3, 0.4) is 0 Å². The number of rotatable bonds is 10. The first kappa shape index (κ1) is 25.1. The second-order valence-electron chi connectivity index (χ2n) is 8.48. The molecule has 2 unspecified atom stereocenters. The highest BCUT2D eigenvalue weighted by Crippen LogP contribution is 2.10. The number of carbonyl (C=O) groups excluding carboxylic acids is 3. The topological polar surface area (TPSA) is 84.5 Å². The molecule has 2 rings (SSSR count). The SMILES string of the molecule is CCc1ccc(C(=O)NC(C(=O)NC(Cc2ccccc2)C(=O)OC(C)C)C(C)C)cc1. The first-order valence-corrected chi connectivity index (χ1v) is 11.2. The summed E-state index contributed by atoms with van der Waals surface area (Å²) >= 11 is 0. The first-order valence-electron chi connectivity index (χ1n) is 11.2. The maximum Gasteiger partial charge on any atom is 0.329 e. The van der Waals surface area contributed by atoms with Gasteiger partial charge in [0.2, 0.25) is 5.91 Å². The smallest absolute Gasteiger partial charge is 0.329 e. The number of aryl methyl sites for hydroxylation is 1. The number of hydrogen-bond donors (Lipinski definition) is 2. The molecule has 172 valence electrons. The molecule has 32 heavy (non-hydrogen) atoms. The van der Waals surface area contributed by atoms with E-state index >= 15 is 0 Å². The molecule has 0 aliphatic carbocycles. The van der Waals surface area contributed by atoms with Gasteiger partial charge in [-0.3, -0.25) is 9.59 Å². The molecule has 2 N–H and O–H groups in total. The third-order valence-corrected chi connectivity index (χ3v) is 5.10. The van der Waals surface area contributed by atoms with E-state index in [0.29, 0.717) is 12.0 Å². The fraction of sp³-hybridized carbons (Fsp3) is 0.423. The fourth-order valence-electron chi connectivity index (χ4n) is 3.27. The monoisotopic (exact) mass is 438 g/mol. The van der Waals surface area contributed by atoms with E-state index in [1.165, 1.54) is 0 Å². The van der Waals surface area contributed by atoms with Crippen molar-refractivity contribution in [3.05, 3.63) is 71.3 Å². The average molecular weight is 439 g/mol. The predicted molar refractivity (Wildman–Crippen MR) is 125 cm³/mol. The van der Waals surface area contributed by atoms with E-state index in [4.69, 9.17) is 4.74 Å². The van der Waals surface area contributed by atoms with Gasteiger partial charge in [0, 0.05) is 12.0 Å². The molecule has 0 radical (unpaired) electrons. The van der Waals surface area contributed by atoms with Crippen LogP contribution in [0.5, 0.6) is 0 Å². The summed E-state index contributed by atoms with van der Waals surface area (Å²) in [6.07, 6.45) is 0.883. The number of hydrogen-bond acceptors (Lipinski definition) is 4. The van der Waals surface area contributed by atoms with Crippen molar-refractivity contribution in [1.29, 1.82) is 0 Å². The second-order valence-corrected chi connectivity index (χ2v) is 8.48. The maximum absolute atomic E-state index is 13.1. The van der Waals surface area contributed by atoms with Crippen LogP contribution in [0, 0.1) is 5.92 Å². The van der Waals surface area contributed by atoms with E-state index in [2.05, 4.69) is 10.6 Å². The largest absolute Gasteiger partial charge is 0.461 e. The molecule has 2 amide bonds. The molecule has 0 saturated carbocycles. The molecule has 0 aromatic heterocycles. The Hall–Kier alpha value is -3.15. The summed E-state index contributed by atoms with van der Waals surface area (Å²) in [4.78, 5) is 38.5. The zero-order chi connectivity index (χ0) is 23.7. The minimum atomic E-state index is -0.853. The van der Waals surface area contributed by atoms with Gasteiger partial charge < -0.3 is 15.4 Å². The van der Waals surface area contributed by atoms with E-state index in [9.17, 15) is 14.4 Å². The minimum Gasteiger partial charge on any atom is -0.461 e. The minimum absolute atomic E-state index is 0.174. The van der Waals surface area contributed by atoms with Gasteiger partial charge in [-0.15, -0.1) is 0 Å². The van der Waals surface area contributed by atoms with Crippen molar-refractivity contribution in [3.8, 4) is 0 Å². The van der Waals surface area contributed by atoms with Gasteiger partial charge in [-0.2, -0.15) is 0 Å². The number of amides is 2. The molecule has 0 bridgehead atoms. The molecule has 2 atom stereocenters. The number of nitrogens with one attached hydrogen (secondary N) is 2. The Morgan fingerprint density at radius 2 is 1.47 bits per heavy atom. The third-order valence-electron chi connectivity index (χ3n) is 5.10. The van der Waals surface area contributed by atoms with Gasteiger partial charge in [-0.05, 0) is 49.4 Å². The fourth-order valence-corrected chi connectivity index (χ4v) is 3.27. The summed E-state index contributed by atoms with van der Waals surface area (Å²) in [6, 6.07) is 15.1. The Bertz CT molecular complexity index is 892. The molecule has 0 heterocycles. The van der Waals surface area contributed by atoms with Crippen LogP contribution in [0.15, 0.2) is 54.6 Å². The molecule has 0 aliphatic heterocycles. The quantitative estimate of drug-likeness (QED) is 0.554. The van der Waals surface area contributed by atoms with Crippen molar-refractivity contribution in [2.24, 2.45) is 5.92 Å². The Balaban J connectivity index is 2.15. The number of benzene rings is 2. The van der Waals surface area contributed by atoms with Crippen LogP contribution in [0.4, 0.5) is 0 Å². The highest BCUT2D eigenvalue weighted by molar-refractivity contribution is 5.98. The maximum atomic E-state index is 13.1. The summed E-state index contributed by atoms with van der Waals surface area (Å²) in [6.45, 7) is 9.28. The Morgan fingerprint density at radius 1 is 0.844 bits per heavy atom. The molecule has 2 aromatic carbocycles. The van der Waals surface area contributed by atoms with Gasteiger partial charge in [0.05, 0.1) is 6.10 Å². The molecule has 0 fully saturated rings. The van der Waals surface area contributed by atoms with E-state index in [1.807, 2.05) is 63.2 Å². The lowest BCUT2D eigenvalue weighted by molar-refractivity contribution is -0.151. The third kappa shape index (κ3) is 7.52. The summed E-state index contributed by atoms with van der Waals surface area (Å²) in [5.74, 6) is -1.42. The first-order chi connectivity index (χ1) is 15.2. The Kier molecular flexibility index (Phi) is 9.44. The van der Waals surface area contributed by atoms with Gasteiger partial charge in [-0.25, -0.2) is 4.79 Å². The lowest BCUT2D eigenvalue weighted by Gasteiger charge is -2.25. The molecule has 0 aliphatic rings. The normalized spacial score (nSPS) is 12.8. The van der Waals surface area contributed by atoms with Gasteiger partial charge in [0.25, 0.3) is 5.91 Å². The van der Waals surface area contributed by atoms with E-state index in [-0.39, 0.29) is 17.9 Å². The molecular weight excluding hydrogens is 404 g/mol. The second kappa shape index (κ2) is 12.0. The lowest BCUT2D eigenvalue weighted by Crippen LogP contribution is -2.54. The van der Waals surface area contributed by atoms with Crippen molar-refractivity contribution >= 4 is 17.8 Å². The predicted octanol–water partition coefficient (Wildman–Crippen LogP) is 3.68. The summed E-state index contributed by atoms with van der Waals surface area (Å²) in [7, 11) is 0. The van der Waals surface area contributed by atoms with Crippen LogP contribution in [0.2, 0.25) is 0 Å². The standard InChI is InChI=1S/C26H34N2O4/c1-6-19-12-14-21(15-13-19)24(29)28-23(17(2)3)25(30)27-22(26(31)32-18(4)5)16-20-10-8-7-9-11-20/h7-15,17-18,22-23H,6,16H2,1-5H3,(H,27,30)(H,28,29). The molecule has 6 heteroatoms. The average Bonchev–Trinajstić information content (AvgIpc) is 2.76. The van der Waals surface area contributed by atoms with Crippen LogP contribution >= 0.6 is 0 Å². The van der Waals surface area contributed by atoms with Crippen molar-refractivity contribution in [2.75, 3.05) is 0 Å². The molecule has 0 spiro atoms. The summed E-state index contributed by atoms with van der Waals surface area (Å²) in [5.41, 5.74) is 2.52. The van der Waals surface area contributed by atoms with Crippen molar-refractivity contribution in [1.82, 2.24) is 10.6 Å². The van der Waals surface area contributed by atoms with Crippen LogP contribution < -0.4 is 10.6 Å². The number of esters is 1. The molecule has 0 saturated heterocycles.